The van der Waals surface area contributed by atoms with Crippen LogP contribution in [0.5, 0.6) is 0 Å². The summed E-state index contributed by atoms with van der Waals surface area (Å²) in [5.74, 6) is -0.357. The number of rotatable bonds is 6. The summed E-state index contributed by atoms with van der Waals surface area (Å²) in [7, 11) is 0. The molecule has 0 saturated carbocycles. The molecule has 0 aliphatic heterocycles. The van der Waals surface area contributed by atoms with Gasteiger partial charge < -0.3 is 20.8 Å². The van der Waals surface area contributed by atoms with E-state index in [1.165, 1.54) is 12.2 Å². The average molecular weight is 370 g/mol. The molecule has 6 nitrogen and oxygen atoms in total. The first-order chi connectivity index (χ1) is 11.5. The number of anilines is 1. The highest BCUT2D eigenvalue weighted by Gasteiger charge is 2.16. The van der Waals surface area contributed by atoms with Crippen molar-refractivity contribution in [1.29, 1.82) is 0 Å². The number of carbonyl (C=O) groups is 1. The van der Waals surface area contributed by atoms with Gasteiger partial charge in [-0.3, -0.25) is 4.79 Å². The Kier molecular flexibility index (Phi) is 6.39. The molecule has 0 bridgehead atoms. The minimum atomic E-state index is -0.357. The normalized spacial score (nSPS) is 16.2. The van der Waals surface area contributed by atoms with Gasteiger partial charge >= 0.3 is 0 Å². The van der Waals surface area contributed by atoms with Gasteiger partial charge in [0, 0.05) is 24.9 Å². The van der Waals surface area contributed by atoms with Crippen molar-refractivity contribution in [3.63, 3.8) is 0 Å². The van der Waals surface area contributed by atoms with Crippen LogP contribution in [0, 0.1) is 0 Å². The van der Waals surface area contributed by atoms with E-state index in [2.05, 4.69) is 4.99 Å². The van der Waals surface area contributed by atoms with Crippen LogP contribution in [0.2, 0.25) is 5.02 Å². The first kappa shape index (κ1) is 18.5. The summed E-state index contributed by atoms with van der Waals surface area (Å²) < 4.78 is 0. The first-order valence-corrected chi connectivity index (χ1v) is 7.96. The van der Waals surface area contributed by atoms with Gasteiger partial charge in [-0.1, -0.05) is 23.2 Å². The number of allylic oxidation sites excluding steroid dienone is 3. The average Bonchev–Trinajstić information content (AvgIpc) is 2.54. The van der Waals surface area contributed by atoms with Crippen LogP contribution < -0.4 is 10.6 Å². The van der Waals surface area contributed by atoms with Gasteiger partial charge in [-0.15, -0.1) is 0 Å². The van der Waals surface area contributed by atoms with Gasteiger partial charge in [0.25, 0.3) is 0 Å². The molecular weight excluding hydrogens is 353 g/mol. The smallest absolute Gasteiger partial charge is 0.203 e. The topological polar surface area (TPSA) is 99.2 Å². The molecule has 0 unspecified atom stereocenters. The molecule has 4 N–H and O–H groups in total. The fraction of sp³-hybridized carbons (Fsp3) is 0.250. The van der Waals surface area contributed by atoms with Crippen molar-refractivity contribution < 1.29 is 15.0 Å². The molecule has 0 spiro atoms. The Morgan fingerprint density at radius 2 is 1.79 bits per heavy atom. The van der Waals surface area contributed by atoms with E-state index in [0.717, 1.165) is 5.69 Å². The molecule has 1 aromatic carbocycles. The van der Waals surface area contributed by atoms with Crippen LogP contribution in [0.15, 0.2) is 46.1 Å². The molecule has 0 saturated heterocycles. The second kappa shape index (κ2) is 8.30. The lowest BCUT2D eigenvalue weighted by Crippen LogP contribution is -2.29. The summed E-state index contributed by atoms with van der Waals surface area (Å²) in [5, 5.41) is 18.8. The molecule has 2 rings (SSSR count). The number of benzene rings is 1. The number of nitrogens with zero attached hydrogens (tertiary/aromatic N) is 2. The third kappa shape index (κ3) is 4.36. The zero-order valence-electron chi connectivity index (χ0n) is 12.7. The lowest BCUT2D eigenvalue weighted by atomic mass is 10.1. The maximum Gasteiger partial charge on any atom is 0.203 e. The number of aliphatic hydroxyl groups excluding tert-OH is 2. The molecule has 0 fully saturated rings. The van der Waals surface area contributed by atoms with Crippen LogP contribution in [0.3, 0.4) is 0 Å². The van der Waals surface area contributed by atoms with Crippen LogP contribution in [-0.2, 0) is 4.79 Å². The molecule has 8 heteroatoms. The van der Waals surface area contributed by atoms with Gasteiger partial charge in [-0.2, -0.15) is 0 Å². The summed E-state index contributed by atoms with van der Waals surface area (Å²) in [5.41, 5.74) is 7.22. The van der Waals surface area contributed by atoms with Gasteiger partial charge in [-0.05, 0) is 24.3 Å². The molecule has 0 amide bonds. The zero-order chi connectivity index (χ0) is 17.7. The minimum Gasteiger partial charge on any atom is -0.396 e. The number of aliphatic hydroxyl groups is 2. The quantitative estimate of drug-likeness (QED) is 0.663. The molecule has 0 atom stereocenters. The standard InChI is InChI=1S/C16H17Cl2N3O3/c17-11-7-10(21(3-5-22)4-6-23)1-2-14(11)20-15-9-13(19)16(24)8-12(15)18/h1-2,7-9,22-23H,3-6,19H2. The van der Waals surface area contributed by atoms with Gasteiger partial charge in [0.15, 0.2) is 0 Å². The van der Waals surface area contributed by atoms with E-state index < -0.39 is 0 Å². The number of halogens is 2. The molecular formula is C16H17Cl2N3O3. The molecule has 24 heavy (non-hydrogen) atoms. The molecule has 128 valence electrons. The van der Waals surface area contributed by atoms with Crippen molar-refractivity contribution in [2.24, 2.45) is 10.7 Å². The van der Waals surface area contributed by atoms with Crippen molar-refractivity contribution in [2.45, 2.75) is 0 Å². The zero-order valence-corrected chi connectivity index (χ0v) is 14.3. The SMILES string of the molecule is NC1=CC(=Nc2ccc(N(CCO)CCO)cc2Cl)C(Cl)=CC1=O. The van der Waals surface area contributed by atoms with Crippen LogP contribution in [0.25, 0.3) is 0 Å². The number of hydrogen-bond acceptors (Lipinski definition) is 6. The van der Waals surface area contributed by atoms with E-state index in [1.807, 2.05) is 0 Å². The maximum atomic E-state index is 11.4. The fourth-order valence-corrected chi connectivity index (χ4v) is 2.58. The number of hydrogen-bond donors (Lipinski definition) is 3. The Balaban J connectivity index is 2.32. The minimum absolute atomic E-state index is 0.0415. The Bertz CT molecular complexity index is 723. The number of nitrogens with two attached hydrogens (primary N) is 1. The Morgan fingerprint density at radius 1 is 1.12 bits per heavy atom. The van der Waals surface area contributed by atoms with Crippen molar-refractivity contribution in [2.75, 3.05) is 31.2 Å². The van der Waals surface area contributed by atoms with E-state index in [4.69, 9.17) is 39.1 Å². The third-order valence-electron chi connectivity index (χ3n) is 3.36. The highest BCUT2D eigenvalue weighted by molar-refractivity contribution is 6.48. The Hall–Kier alpha value is -1.86. The van der Waals surface area contributed by atoms with E-state index >= 15 is 0 Å². The van der Waals surface area contributed by atoms with Crippen molar-refractivity contribution in [1.82, 2.24) is 0 Å². The van der Waals surface area contributed by atoms with Gasteiger partial charge in [-0.25, -0.2) is 4.99 Å². The van der Waals surface area contributed by atoms with E-state index in [-0.39, 0.29) is 29.7 Å². The Labute approximate surface area is 149 Å². The third-order valence-corrected chi connectivity index (χ3v) is 3.96. The first-order valence-electron chi connectivity index (χ1n) is 7.20. The highest BCUT2D eigenvalue weighted by atomic mass is 35.5. The van der Waals surface area contributed by atoms with E-state index in [1.54, 1.807) is 23.1 Å². The fourth-order valence-electron chi connectivity index (χ4n) is 2.17. The van der Waals surface area contributed by atoms with Crippen LogP contribution in [0.1, 0.15) is 0 Å². The van der Waals surface area contributed by atoms with Gasteiger partial charge in [0.2, 0.25) is 5.78 Å². The molecule has 0 radical (unpaired) electrons. The molecule has 1 aliphatic rings. The lowest BCUT2D eigenvalue weighted by Gasteiger charge is -2.23. The largest absolute Gasteiger partial charge is 0.396 e. The van der Waals surface area contributed by atoms with Crippen molar-refractivity contribution in [3.05, 3.63) is 46.1 Å². The monoisotopic (exact) mass is 369 g/mol. The Morgan fingerprint density at radius 3 is 2.38 bits per heavy atom. The molecule has 1 aliphatic carbocycles. The summed E-state index contributed by atoms with van der Waals surface area (Å²) in [6, 6.07) is 5.15. The second-order valence-corrected chi connectivity index (χ2v) is 5.84. The summed E-state index contributed by atoms with van der Waals surface area (Å²) in [6.07, 6.45) is 2.61. The predicted molar refractivity (Wildman–Crippen MR) is 96.1 cm³/mol. The number of ketones is 1. The lowest BCUT2D eigenvalue weighted by molar-refractivity contribution is -0.111. The van der Waals surface area contributed by atoms with Crippen molar-refractivity contribution in [3.8, 4) is 0 Å². The van der Waals surface area contributed by atoms with E-state index in [0.29, 0.717) is 29.5 Å². The number of carbonyl (C=O) groups excluding carboxylic acids is 1. The summed E-state index contributed by atoms with van der Waals surface area (Å²) in [6.45, 7) is 0.668. The predicted octanol–water partition coefficient (Wildman–Crippen LogP) is 1.75. The summed E-state index contributed by atoms with van der Waals surface area (Å²) in [4.78, 5) is 17.6. The molecule has 0 heterocycles. The van der Waals surface area contributed by atoms with Crippen LogP contribution >= 0.6 is 23.2 Å². The molecule has 1 aromatic rings. The van der Waals surface area contributed by atoms with E-state index in [9.17, 15) is 4.79 Å². The molecule has 0 aromatic heterocycles. The van der Waals surface area contributed by atoms with Gasteiger partial charge in [0.05, 0.1) is 40.4 Å². The summed E-state index contributed by atoms with van der Waals surface area (Å²) >= 11 is 12.3. The number of aliphatic imine (C=N–C) groups is 1. The maximum absolute atomic E-state index is 11.4. The van der Waals surface area contributed by atoms with Crippen molar-refractivity contribution >= 4 is 46.1 Å². The second-order valence-electron chi connectivity index (χ2n) is 5.02. The van der Waals surface area contributed by atoms with Crippen LogP contribution in [0.4, 0.5) is 11.4 Å². The van der Waals surface area contributed by atoms with Gasteiger partial charge in [0.1, 0.15) is 0 Å². The highest BCUT2D eigenvalue weighted by Crippen LogP contribution is 2.31. The van der Waals surface area contributed by atoms with Crippen LogP contribution in [-0.4, -0.2) is 48.0 Å².